The Morgan fingerprint density at radius 2 is 1.76 bits per heavy atom. The van der Waals surface area contributed by atoms with E-state index in [1.807, 2.05) is 30.3 Å². The summed E-state index contributed by atoms with van der Waals surface area (Å²) in [5.41, 5.74) is 1.08. The number of hydrogen-bond donors (Lipinski definition) is 1. The molecule has 2 atom stereocenters. The highest BCUT2D eigenvalue weighted by Crippen LogP contribution is 2.55. The van der Waals surface area contributed by atoms with Crippen LogP contribution >= 0.6 is 0 Å². The van der Waals surface area contributed by atoms with Gasteiger partial charge >= 0.3 is 6.09 Å². The summed E-state index contributed by atoms with van der Waals surface area (Å²) in [6.45, 7) is 12.0. The predicted molar refractivity (Wildman–Crippen MR) is 102 cm³/mol. The molecule has 0 aromatic heterocycles. The molecule has 2 aliphatic carbocycles. The fraction of sp³-hybridized carbons (Fsp3) is 0.650. The molecule has 1 amide bonds. The Labute approximate surface area is 152 Å². The first-order chi connectivity index (χ1) is 11.7. The van der Waals surface area contributed by atoms with Gasteiger partial charge in [0.15, 0.2) is 8.32 Å². The van der Waals surface area contributed by atoms with Gasteiger partial charge in [-0.05, 0) is 36.5 Å². The van der Waals surface area contributed by atoms with Crippen molar-refractivity contribution < 1.29 is 14.0 Å². The van der Waals surface area contributed by atoms with Crippen LogP contribution in [0.25, 0.3) is 0 Å². The van der Waals surface area contributed by atoms with Crippen molar-refractivity contribution in [3.63, 3.8) is 0 Å². The van der Waals surface area contributed by atoms with Crippen LogP contribution in [0.15, 0.2) is 30.3 Å². The second-order valence-electron chi connectivity index (χ2n) is 9.01. The largest absolute Gasteiger partial charge is 0.446 e. The Bertz CT molecular complexity index is 599. The molecule has 0 radical (unpaired) electrons. The van der Waals surface area contributed by atoms with Crippen LogP contribution in [0.5, 0.6) is 0 Å². The van der Waals surface area contributed by atoms with Crippen molar-refractivity contribution >= 4 is 14.4 Å². The average Bonchev–Trinajstić information content (AvgIpc) is 2.97. The van der Waals surface area contributed by atoms with Gasteiger partial charge in [0, 0.05) is 24.5 Å². The smallest absolute Gasteiger partial charge is 0.407 e. The van der Waals surface area contributed by atoms with E-state index in [1.165, 1.54) is 0 Å². The van der Waals surface area contributed by atoms with Crippen molar-refractivity contribution in [1.29, 1.82) is 0 Å². The molecule has 2 unspecified atom stereocenters. The molecule has 0 spiro atoms. The van der Waals surface area contributed by atoms with Gasteiger partial charge < -0.3 is 14.5 Å². The van der Waals surface area contributed by atoms with E-state index in [9.17, 15) is 4.79 Å². The summed E-state index contributed by atoms with van der Waals surface area (Å²) in [5.74, 6) is 0.995. The lowest BCUT2D eigenvalue weighted by Crippen LogP contribution is -2.43. The van der Waals surface area contributed by atoms with Gasteiger partial charge in [-0.15, -0.1) is 0 Å². The molecule has 5 heteroatoms. The second kappa shape index (κ2) is 6.76. The number of nitrogens with one attached hydrogen (secondary N) is 1. The summed E-state index contributed by atoms with van der Waals surface area (Å²) >= 11 is 0. The zero-order valence-electron chi connectivity index (χ0n) is 16.0. The summed E-state index contributed by atoms with van der Waals surface area (Å²) in [5, 5.41) is 3.09. The molecule has 0 saturated heterocycles. The number of carbonyl (C=O) groups excluding carboxylic acids is 1. The summed E-state index contributed by atoms with van der Waals surface area (Å²) < 4.78 is 12.1. The molecule has 4 nitrogen and oxygen atoms in total. The van der Waals surface area contributed by atoms with E-state index < -0.39 is 8.32 Å². The van der Waals surface area contributed by atoms with E-state index in [4.69, 9.17) is 9.16 Å². The van der Waals surface area contributed by atoms with Crippen LogP contribution in [-0.4, -0.2) is 26.6 Å². The van der Waals surface area contributed by atoms with Gasteiger partial charge in [-0.3, -0.25) is 0 Å². The van der Waals surface area contributed by atoms with Gasteiger partial charge in [0.25, 0.3) is 0 Å². The molecule has 0 bridgehead atoms. The van der Waals surface area contributed by atoms with Crippen LogP contribution in [-0.2, 0) is 15.7 Å². The van der Waals surface area contributed by atoms with Gasteiger partial charge in [0.05, 0.1) is 0 Å². The topological polar surface area (TPSA) is 47.6 Å². The lowest BCUT2D eigenvalue weighted by molar-refractivity contribution is 0.102. The molecule has 2 fully saturated rings. The molecule has 0 aliphatic heterocycles. The van der Waals surface area contributed by atoms with Gasteiger partial charge in [-0.1, -0.05) is 51.1 Å². The third kappa shape index (κ3) is 4.26. The molecular weight excluding hydrogens is 330 g/mol. The number of ether oxygens (including phenoxy) is 1. The van der Waals surface area contributed by atoms with Crippen LogP contribution in [0.4, 0.5) is 4.79 Å². The molecule has 1 aromatic carbocycles. The Morgan fingerprint density at radius 3 is 2.32 bits per heavy atom. The van der Waals surface area contributed by atoms with E-state index in [-0.39, 0.29) is 17.2 Å². The van der Waals surface area contributed by atoms with Crippen molar-refractivity contribution in [2.24, 2.45) is 11.8 Å². The highest BCUT2D eigenvalue weighted by molar-refractivity contribution is 6.74. The predicted octanol–water partition coefficient (Wildman–Crippen LogP) is 4.71. The SMILES string of the molecule is CC(C)(C)[Si](C)(C)OC1CC2C(C1)C2OC(=O)NCc1ccccc1. The van der Waals surface area contributed by atoms with E-state index >= 15 is 0 Å². The monoisotopic (exact) mass is 361 g/mol. The van der Waals surface area contributed by atoms with Crippen LogP contribution < -0.4 is 5.32 Å². The number of benzene rings is 1. The van der Waals surface area contributed by atoms with Crippen molar-refractivity contribution in [2.45, 2.75) is 70.5 Å². The molecule has 0 heterocycles. The lowest BCUT2D eigenvalue weighted by atomic mass is 10.2. The summed E-state index contributed by atoms with van der Waals surface area (Å²) in [6.07, 6.45) is 2.21. The number of rotatable bonds is 5. The fourth-order valence-electron chi connectivity index (χ4n) is 3.53. The molecular formula is C20H31NO3Si. The van der Waals surface area contributed by atoms with E-state index in [0.717, 1.165) is 18.4 Å². The number of amides is 1. The zero-order chi connectivity index (χ0) is 18.2. The number of hydrogen-bond acceptors (Lipinski definition) is 3. The van der Waals surface area contributed by atoms with Gasteiger partial charge in [0.2, 0.25) is 0 Å². The van der Waals surface area contributed by atoms with Crippen molar-refractivity contribution in [1.82, 2.24) is 5.32 Å². The zero-order valence-corrected chi connectivity index (χ0v) is 17.0. The van der Waals surface area contributed by atoms with Crippen LogP contribution in [0, 0.1) is 11.8 Å². The first-order valence-corrected chi connectivity index (χ1v) is 12.2. The van der Waals surface area contributed by atoms with Crippen molar-refractivity contribution in [3.05, 3.63) is 35.9 Å². The van der Waals surface area contributed by atoms with E-state index in [2.05, 4.69) is 39.2 Å². The highest BCUT2D eigenvalue weighted by Gasteiger charge is 2.60. The Balaban J connectivity index is 1.39. The number of fused-ring (bicyclic) bond motifs is 1. The Kier molecular flexibility index (Phi) is 4.99. The summed E-state index contributed by atoms with van der Waals surface area (Å²) in [6, 6.07) is 9.89. The van der Waals surface area contributed by atoms with Crippen LogP contribution in [0.1, 0.15) is 39.2 Å². The molecule has 25 heavy (non-hydrogen) atoms. The first kappa shape index (κ1) is 18.5. The third-order valence-electron chi connectivity index (χ3n) is 6.11. The molecule has 1 N–H and O–H groups in total. The van der Waals surface area contributed by atoms with Crippen LogP contribution in [0.2, 0.25) is 18.1 Å². The lowest BCUT2D eigenvalue weighted by Gasteiger charge is -2.39. The minimum absolute atomic E-state index is 0.0926. The van der Waals surface area contributed by atoms with Crippen molar-refractivity contribution in [3.8, 4) is 0 Å². The van der Waals surface area contributed by atoms with E-state index in [0.29, 0.717) is 24.5 Å². The maximum Gasteiger partial charge on any atom is 0.407 e. The maximum absolute atomic E-state index is 12.0. The van der Waals surface area contributed by atoms with Gasteiger partial charge in [-0.25, -0.2) is 4.79 Å². The average molecular weight is 362 g/mol. The standard InChI is InChI=1S/C20H31NO3Si/c1-20(2,3)25(4,5)24-15-11-16-17(12-15)18(16)23-19(22)21-13-14-9-7-6-8-10-14/h6-10,15-18H,11-13H2,1-5H3,(H,21,22). The molecule has 1 aromatic rings. The number of alkyl carbamates (subject to hydrolysis) is 1. The third-order valence-corrected chi connectivity index (χ3v) is 10.6. The highest BCUT2D eigenvalue weighted by atomic mass is 28.4. The number of carbonyl (C=O) groups is 1. The molecule has 2 saturated carbocycles. The Hall–Kier alpha value is -1.33. The molecule has 3 rings (SSSR count). The van der Waals surface area contributed by atoms with E-state index in [1.54, 1.807) is 0 Å². The molecule has 138 valence electrons. The summed E-state index contributed by atoms with van der Waals surface area (Å²) in [7, 11) is -1.70. The van der Waals surface area contributed by atoms with Gasteiger partial charge in [-0.2, -0.15) is 0 Å². The fourth-order valence-corrected chi connectivity index (χ4v) is 4.91. The van der Waals surface area contributed by atoms with Crippen LogP contribution in [0.3, 0.4) is 0 Å². The first-order valence-electron chi connectivity index (χ1n) is 9.33. The summed E-state index contributed by atoms with van der Waals surface area (Å²) in [4.78, 5) is 12.0. The van der Waals surface area contributed by atoms with Gasteiger partial charge in [0.1, 0.15) is 6.10 Å². The Morgan fingerprint density at radius 1 is 1.16 bits per heavy atom. The maximum atomic E-state index is 12.0. The minimum atomic E-state index is -1.70. The normalized spacial score (nSPS) is 28.4. The quantitative estimate of drug-likeness (QED) is 0.773. The second-order valence-corrected chi connectivity index (χ2v) is 13.8. The minimum Gasteiger partial charge on any atom is -0.446 e. The van der Waals surface area contributed by atoms with Crippen molar-refractivity contribution in [2.75, 3.05) is 0 Å². The molecule has 2 aliphatic rings.